The molecule has 0 rings (SSSR count). The standard InChI is InChI=1S/C7H16Si/c1-4-5-6-7-8(2)3/h6-8H,4-5H2,1-3H3. The lowest BCUT2D eigenvalue weighted by atomic mass is 10.3. The highest BCUT2D eigenvalue weighted by molar-refractivity contribution is 6.61. The van der Waals surface area contributed by atoms with Crippen molar-refractivity contribution in [1.82, 2.24) is 0 Å². The summed E-state index contributed by atoms with van der Waals surface area (Å²) in [6.07, 6.45) is 4.87. The predicted octanol–water partition coefficient (Wildman–Crippen LogP) is 2.37. The van der Waals surface area contributed by atoms with Gasteiger partial charge in [-0.3, -0.25) is 0 Å². The van der Waals surface area contributed by atoms with E-state index in [4.69, 9.17) is 0 Å². The molecule has 0 fully saturated rings. The van der Waals surface area contributed by atoms with Crippen LogP contribution in [-0.4, -0.2) is 8.80 Å². The average Bonchev–Trinajstić information content (AvgIpc) is 1.66. The molecule has 0 spiro atoms. The van der Waals surface area contributed by atoms with Crippen LogP contribution >= 0.6 is 0 Å². The van der Waals surface area contributed by atoms with Gasteiger partial charge in [-0.1, -0.05) is 32.5 Å². The van der Waals surface area contributed by atoms with Crippen LogP contribution in [0.5, 0.6) is 0 Å². The van der Waals surface area contributed by atoms with Crippen LogP contribution in [-0.2, 0) is 0 Å². The van der Waals surface area contributed by atoms with Gasteiger partial charge in [-0.05, 0) is 6.42 Å². The maximum absolute atomic E-state index is 2.39. The molecule has 8 heavy (non-hydrogen) atoms. The van der Waals surface area contributed by atoms with Gasteiger partial charge in [0.05, 0.1) is 8.80 Å². The third-order valence-corrected chi connectivity index (χ3v) is 2.02. The van der Waals surface area contributed by atoms with Crippen LogP contribution in [0.3, 0.4) is 0 Å². The van der Waals surface area contributed by atoms with Crippen LogP contribution in [0.25, 0.3) is 0 Å². The smallest absolute Gasteiger partial charge is 0.0549 e. The molecule has 0 heterocycles. The van der Waals surface area contributed by atoms with E-state index in [9.17, 15) is 0 Å². The molecule has 0 saturated carbocycles. The maximum atomic E-state index is 2.39. The Hall–Kier alpha value is -0.0431. The molecule has 0 radical (unpaired) electrons. The minimum atomic E-state index is -0.383. The number of hydrogen-bond donors (Lipinski definition) is 0. The van der Waals surface area contributed by atoms with E-state index in [2.05, 4.69) is 31.8 Å². The van der Waals surface area contributed by atoms with Crippen LogP contribution in [0, 0.1) is 0 Å². The molecular formula is C7H16Si. The lowest BCUT2D eigenvalue weighted by molar-refractivity contribution is 0.960. The molecular weight excluding hydrogens is 112 g/mol. The van der Waals surface area contributed by atoms with Gasteiger partial charge < -0.3 is 0 Å². The van der Waals surface area contributed by atoms with E-state index in [-0.39, 0.29) is 8.80 Å². The monoisotopic (exact) mass is 128 g/mol. The molecule has 0 N–H and O–H groups in total. The van der Waals surface area contributed by atoms with Gasteiger partial charge in [0.1, 0.15) is 0 Å². The molecule has 1 heteroatoms. The van der Waals surface area contributed by atoms with Crippen LogP contribution in [0.1, 0.15) is 19.8 Å². The van der Waals surface area contributed by atoms with E-state index in [0.717, 1.165) is 0 Å². The molecule has 0 aliphatic rings. The molecule has 0 aromatic rings. The van der Waals surface area contributed by atoms with E-state index >= 15 is 0 Å². The molecule has 0 aromatic carbocycles. The summed E-state index contributed by atoms with van der Waals surface area (Å²) in [5.74, 6) is 0. The van der Waals surface area contributed by atoms with Crippen molar-refractivity contribution in [2.75, 3.05) is 0 Å². The topological polar surface area (TPSA) is 0 Å². The second-order valence-corrected chi connectivity index (χ2v) is 5.33. The van der Waals surface area contributed by atoms with Crippen molar-refractivity contribution in [2.24, 2.45) is 0 Å². The van der Waals surface area contributed by atoms with Crippen molar-refractivity contribution in [1.29, 1.82) is 0 Å². The van der Waals surface area contributed by atoms with Crippen molar-refractivity contribution in [3.8, 4) is 0 Å². The second kappa shape index (κ2) is 5.10. The normalized spacial score (nSPS) is 11.5. The van der Waals surface area contributed by atoms with E-state index in [1.807, 2.05) is 0 Å². The van der Waals surface area contributed by atoms with Crippen LogP contribution in [0.2, 0.25) is 13.1 Å². The zero-order valence-electron chi connectivity index (χ0n) is 6.15. The Morgan fingerprint density at radius 2 is 2.00 bits per heavy atom. The minimum absolute atomic E-state index is 0.383. The van der Waals surface area contributed by atoms with Crippen molar-refractivity contribution >= 4 is 8.80 Å². The van der Waals surface area contributed by atoms with Gasteiger partial charge in [0.15, 0.2) is 0 Å². The van der Waals surface area contributed by atoms with Gasteiger partial charge >= 0.3 is 0 Å². The minimum Gasteiger partial charge on any atom is -0.102 e. The van der Waals surface area contributed by atoms with E-state index in [0.29, 0.717) is 0 Å². The quantitative estimate of drug-likeness (QED) is 0.512. The average molecular weight is 128 g/mol. The Balaban J connectivity index is 3.07. The molecule has 48 valence electrons. The Labute approximate surface area is 54.2 Å². The lowest BCUT2D eigenvalue weighted by Gasteiger charge is -1.88. The van der Waals surface area contributed by atoms with Crippen molar-refractivity contribution in [3.05, 3.63) is 11.8 Å². The van der Waals surface area contributed by atoms with E-state index in [1.54, 1.807) is 0 Å². The molecule has 0 atom stereocenters. The predicted molar refractivity (Wildman–Crippen MR) is 42.9 cm³/mol. The molecule has 0 bridgehead atoms. The fourth-order valence-electron chi connectivity index (χ4n) is 0.535. The van der Waals surface area contributed by atoms with Gasteiger partial charge in [0.2, 0.25) is 0 Å². The van der Waals surface area contributed by atoms with E-state index < -0.39 is 0 Å². The number of allylic oxidation sites excluding steroid dienone is 1. The SMILES string of the molecule is CCCC=C[SiH](C)C. The van der Waals surface area contributed by atoms with Gasteiger partial charge in [-0.25, -0.2) is 0 Å². The zero-order chi connectivity index (χ0) is 6.41. The van der Waals surface area contributed by atoms with Gasteiger partial charge in [0, 0.05) is 0 Å². The Morgan fingerprint density at radius 1 is 1.38 bits per heavy atom. The highest BCUT2D eigenvalue weighted by atomic mass is 28.3. The largest absolute Gasteiger partial charge is 0.102 e. The highest BCUT2D eigenvalue weighted by Gasteiger charge is 1.82. The van der Waals surface area contributed by atoms with E-state index in [1.165, 1.54) is 12.8 Å². The Kier molecular flexibility index (Phi) is 5.07. The number of hydrogen-bond acceptors (Lipinski definition) is 0. The zero-order valence-corrected chi connectivity index (χ0v) is 7.30. The first-order valence-electron chi connectivity index (χ1n) is 3.44. The molecule has 0 aromatic heterocycles. The van der Waals surface area contributed by atoms with Crippen LogP contribution in [0.15, 0.2) is 11.8 Å². The van der Waals surface area contributed by atoms with Gasteiger partial charge in [-0.2, -0.15) is 0 Å². The molecule has 0 aliphatic heterocycles. The first kappa shape index (κ1) is 7.96. The summed E-state index contributed by atoms with van der Waals surface area (Å²) in [5.41, 5.74) is 2.39. The number of rotatable bonds is 3. The Bertz CT molecular complexity index is 64.8. The molecule has 0 amide bonds. The highest BCUT2D eigenvalue weighted by Crippen LogP contribution is 1.90. The summed E-state index contributed by atoms with van der Waals surface area (Å²) in [6.45, 7) is 6.89. The second-order valence-electron chi connectivity index (χ2n) is 2.46. The molecule has 0 nitrogen and oxygen atoms in total. The molecule has 0 saturated heterocycles. The first-order chi connectivity index (χ1) is 3.77. The fraction of sp³-hybridized carbons (Fsp3) is 0.714. The van der Waals surface area contributed by atoms with Gasteiger partial charge in [0.25, 0.3) is 0 Å². The summed E-state index contributed by atoms with van der Waals surface area (Å²) in [4.78, 5) is 0. The molecule has 0 unspecified atom stereocenters. The lowest BCUT2D eigenvalue weighted by Crippen LogP contribution is -1.91. The first-order valence-corrected chi connectivity index (χ1v) is 6.41. The summed E-state index contributed by atoms with van der Waals surface area (Å²) >= 11 is 0. The summed E-state index contributed by atoms with van der Waals surface area (Å²) < 4.78 is 0. The number of unbranched alkanes of at least 4 members (excludes halogenated alkanes) is 1. The molecule has 0 aliphatic carbocycles. The fourth-order valence-corrected chi connectivity index (χ4v) is 1.27. The summed E-state index contributed by atoms with van der Waals surface area (Å²) in [5, 5.41) is 0. The van der Waals surface area contributed by atoms with Gasteiger partial charge in [-0.15, -0.1) is 5.70 Å². The van der Waals surface area contributed by atoms with Crippen molar-refractivity contribution in [3.63, 3.8) is 0 Å². The summed E-state index contributed by atoms with van der Waals surface area (Å²) in [6, 6.07) is 0. The summed E-state index contributed by atoms with van der Waals surface area (Å²) in [7, 11) is -0.383. The van der Waals surface area contributed by atoms with Crippen molar-refractivity contribution < 1.29 is 0 Å². The third kappa shape index (κ3) is 5.96. The maximum Gasteiger partial charge on any atom is 0.0549 e. The van der Waals surface area contributed by atoms with Crippen LogP contribution < -0.4 is 0 Å². The third-order valence-electron chi connectivity index (χ3n) is 0.976. The van der Waals surface area contributed by atoms with Crippen molar-refractivity contribution in [2.45, 2.75) is 32.9 Å². The van der Waals surface area contributed by atoms with Crippen LogP contribution in [0.4, 0.5) is 0 Å². The Morgan fingerprint density at radius 3 is 2.38 bits per heavy atom.